The molecule has 0 heterocycles. The Hall–Kier alpha value is -1.76. The molecular formula is C33H58O14S. The average molecular weight is 711 g/mol. The average Bonchev–Trinajstić information content (AvgIpc) is 3.09. The van der Waals surface area contributed by atoms with Crippen molar-refractivity contribution >= 4 is 16.1 Å². The van der Waals surface area contributed by atoms with Gasteiger partial charge in [-0.2, -0.15) is 8.42 Å². The molecule has 15 heteroatoms. The maximum absolute atomic E-state index is 12.0. The zero-order valence-electron chi connectivity index (χ0n) is 28.7. The van der Waals surface area contributed by atoms with Crippen molar-refractivity contribution in [3.8, 4) is 0 Å². The van der Waals surface area contributed by atoms with Crippen LogP contribution in [0.25, 0.3) is 0 Å². The van der Waals surface area contributed by atoms with Crippen molar-refractivity contribution in [2.75, 3.05) is 132 Å². The highest BCUT2D eigenvalue weighted by Crippen LogP contribution is 2.10. The summed E-state index contributed by atoms with van der Waals surface area (Å²) in [5, 5.41) is 0. The number of carbonyl (C=O) groups excluding carboxylic acids is 1. The highest BCUT2D eigenvalue weighted by atomic mass is 32.2. The summed E-state index contributed by atoms with van der Waals surface area (Å²) in [5.41, 5.74) is 0. The van der Waals surface area contributed by atoms with Crippen molar-refractivity contribution in [1.29, 1.82) is 0 Å². The lowest BCUT2D eigenvalue weighted by atomic mass is 10.2. The van der Waals surface area contributed by atoms with Crippen LogP contribution in [0.4, 0.5) is 0 Å². The fourth-order valence-electron chi connectivity index (χ4n) is 3.70. The summed E-state index contributed by atoms with van der Waals surface area (Å²) in [4.78, 5) is 11.7. The van der Waals surface area contributed by atoms with E-state index < -0.39 is 10.1 Å². The zero-order valence-corrected chi connectivity index (χ0v) is 29.5. The van der Waals surface area contributed by atoms with Crippen molar-refractivity contribution in [3.05, 3.63) is 30.3 Å². The van der Waals surface area contributed by atoms with E-state index in [2.05, 4.69) is 6.92 Å². The van der Waals surface area contributed by atoms with Crippen molar-refractivity contribution in [3.63, 3.8) is 0 Å². The summed E-state index contributed by atoms with van der Waals surface area (Å²) < 4.78 is 82.8. The quantitative estimate of drug-likeness (QED) is 0.0565. The zero-order chi connectivity index (χ0) is 34.6. The maximum Gasteiger partial charge on any atom is 0.305 e. The molecule has 0 unspecified atom stereocenters. The summed E-state index contributed by atoms with van der Waals surface area (Å²) in [6.07, 6.45) is 4.73. The lowest BCUT2D eigenvalue weighted by Crippen LogP contribution is -2.16. The third-order valence-electron chi connectivity index (χ3n) is 6.20. The molecule has 48 heavy (non-hydrogen) atoms. The van der Waals surface area contributed by atoms with Gasteiger partial charge in [-0.3, -0.25) is 8.98 Å². The molecule has 0 spiro atoms. The Morgan fingerprint density at radius 3 is 1.21 bits per heavy atom. The fourth-order valence-corrected chi connectivity index (χ4v) is 4.62. The van der Waals surface area contributed by atoms with Gasteiger partial charge in [0.05, 0.1) is 130 Å². The molecule has 0 fully saturated rings. The molecule has 0 aromatic heterocycles. The molecule has 1 aromatic carbocycles. The molecule has 14 nitrogen and oxygen atoms in total. The molecule has 1 rings (SSSR count). The van der Waals surface area contributed by atoms with E-state index in [0.29, 0.717) is 119 Å². The molecule has 1 aromatic rings. The number of carbonyl (C=O) groups is 1. The van der Waals surface area contributed by atoms with Gasteiger partial charge in [0.15, 0.2) is 0 Å². The smallest absolute Gasteiger partial charge is 0.305 e. The van der Waals surface area contributed by atoms with Crippen LogP contribution in [0.15, 0.2) is 35.2 Å². The van der Waals surface area contributed by atoms with E-state index >= 15 is 0 Å². The van der Waals surface area contributed by atoms with E-state index in [9.17, 15) is 13.2 Å². The first-order chi connectivity index (χ1) is 23.6. The Balaban J connectivity index is 1.67. The van der Waals surface area contributed by atoms with Crippen molar-refractivity contribution < 1.29 is 64.8 Å². The highest BCUT2D eigenvalue weighted by molar-refractivity contribution is 7.86. The molecule has 0 aliphatic carbocycles. The molecule has 0 aliphatic heterocycles. The van der Waals surface area contributed by atoms with Crippen LogP contribution >= 0.6 is 0 Å². The third-order valence-corrected chi connectivity index (χ3v) is 7.53. The number of esters is 1. The molecule has 0 saturated heterocycles. The van der Waals surface area contributed by atoms with Crippen LogP contribution in [0.5, 0.6) is 0 Å². The molecule has 280 valence electrons. The minimum absolute atomic E-state index is 0.0614. The molecule has 0 atom stereocenters. The summed E-state index contributed by atoms with van der Waals surface area (Å²) in [6.45, 7) is 10.0. The Bertz CT molecular complexity index is 936. The third kappa shape index (κ3) is 29.2. The first-order valence-electron chi connectivity index (χ1n) is 16.9. The van der Waals surface area contributed by atoms with Crippen LogP contribution in [0.2, 0.25) is 0 Å². The lowest BCUT2D eigenvalue weighted by Gasteiger charge is -2.09. The van der Waals surface area contributed by atoms with E-state index in [-0.39, 0.29) is 30.7 Å². The number of hydrogen-bond donors (Lipinski definition) is 0. The molecule has 0 radical (unpaired) electrons. The molecule has 0 saturated carbocycles. The second-order valence-electron chi connectivity index (χ2n) is 10.1. The number of benzene rings is 1. The maximum atomic E-state index is 12.0. The Morgan fingerprint density at radius 1 is 0.479 bits per heavy atom. The number of hydrogen-bond acceptors (Lipinski definition) is 14. The molecule has 0 amide bonds. The summed E-state index contributed by atoms with van der Waals surface area (Å²) in [5.74, 6) is -0.160. The minimum atomic E-state index is -3.76. The largest absolute Gasteiger partial charge is 0.463 e. The second-order valence-corrected chi connectivity index (χ2v) is 11.7. The van der Waals surface area contributed by atoms with Crippen LogP contribution in [0.1, 0.15) is 39.0 Å². The first kappa shape index (κ1) is 44.3. The van der Waals surface area contributed by atoms with Gasteiger partial charge in [0, 0.05) is 6.42 Å². The van der Waals surface area contributed by atoms with Gasteiger partial charge in [-0.1, -0.05) is 44.4 Å². The summed E-state index contributed by atoms with van der Waals surface area (Å²) in [7, 11) is -3.76. The number of unbranched alkanes of at least 4 members (excludes halogenated alkanes) is 3. The standard InChI is InChI=1S/C33H58O14S/c1-2-3-4-8-11-33(34)46-30-28-44-26-24-42-22-20-40-18-16-38-14-12-37-13-15-39-17-19-41-21-23-43-25-27-45-29-31-47-48(35,36)32-9-6-5-7-10-32/h5-7,9-10H,2-4,8,11-31H2,1H3. The fraction of sp³-hybridized carbons (Fsp3) is 0.788. The van der Waals surface area contributed by atoms with Gasteiger partial charge >= 0.3 is 5.97 Å². The Morgan fingerprint density at radius 2 is 0.833 bits per heavy atom. The van der Waals surface area contributed by atoms with Crippen molar-refractivity contribution in [1.82, 2.24) is 0 Å². The van der Waals surface area contributed by atoms with Crippen LogP contribution < -0.4 is 0 Å². The van der Waals surface area contributed by atoms with Crippen LogP contribution in [-0.2, 0) is 66.5 Å². The Kier molecular flexibility index (Phi) is 31.1. The topological polar surface area (TPSA) is 153 Å². The molecule has 0 N–H and O–H groups in total. The van der Waals surface area contributed by atoms with E-state index in [0.717, 1.165) is 25.7 Å². The summed E-state index contributed by atoms with van der Waals surface area (Å²) in [6, 6.07) is 7.97. The lowest BCUT2D eigenvalue weighted by molar-refractivity contribution is -0.145. The van der Waals surface area contributed by atoms with Gasteiger partial charge in [0.1, 0.15) is 6.61 Å². The van der Waals surface area contributed by atoms with E-state index in [1.807, 2.05) is 0 Å². The van der Waals surface area contributed by atoms with Crippen LogP contribution in [0, 0.1) is 0 Å². The number of rotatable bonds is 37. The first-order valence-corrected chi connectivity index (χ1v) is 18.3. The van der Waals surface area contributed by atoms with E-state index in [1.165, 1.54) is 12.1 Å². The Labute approximate surface area is 287 Å². The van der Waals surface area contributed by atoms with Crippen LogP contribution in [-0.4, -0.2) is 147 Å². The summed E-state index contributed by atoms with van der Waals surface area (Å²) >= 11 is 0. The number of ether oxygens (including phenoxy) is 10. The molecule has 0 aliphatic rings. The van der Waals surface area contributed by atoms with Crippen LogP contribution in [0.3, 0.4) is 0 Å². The predicted molar refractivity (Wildman–Crippen MR) is 177 cm³/mol. The van der Waals surface area contributed by atoms with Crippen molar-refractivity contribution in [2.24, 2.45) is 0 Å². The highest BCUT2D eigenvalue weighted by Gasteiger charge is 2.13. The molecular weight excluding hydrogens is 652 g/mol. The van der Waals surface area contributed by atoms with Crippen molar-refractivity contribution in [2.45, 2.75) is 43.9 Å². The van der Waals surface area contributed by atoms with Gasteiger partial charge in [0.2, 0.25) is 0 Å². The van der Waals surface area contributed by atoms with Gasteiger partial charge in [-0.15, -0.1) is 0 Å². The normalized spacial score (nSPS) is 11.7. The SMILES string of the molecule is CCCCCCC(=O)OCCOCCOCCOCCOCCOCCOCCOCCOCCOCCOS(=O)(=O)c1ccccc1. The van der Waals surface area contributed by atoms with Gasteiger partial charge in [-0.05, 0) is 18.6 Å². The van der Waals surface area contributed by atoms with E-state index in [1.54, 1.807) is 18.2 Å². The van der Waals surface area contributed by atoms with Gasteiger partial charge in [0.25, 0.3) is 10.1 Å². The van der Waals surface area contributed by atoms with E-state index in [4.69, 9.17) is 51.6 Å². The monoisotopic (exact) mass is 710 g/mol. The predicted octanol–water partition coefficient (Wildman–Crippen LogP) is 3.05. The second kappa shape index (κ2) is 33.7. The minimum Gasteiger partial charge on any atom is -0.463 e. The van der Waals surface area contributed by atoms with Gasteiger partial charge < -0.3 is 47.4 Å². The molecule has 0 bridgehead atoms. The van der Waals surface area contributed by atoms with Gasteiger partial charge in [-0.25, -0.2) is 0 Å².